The Hall–Kier alpha value is -0.940. The lowest BCUT2D eigenvalue weighted by Gasteiger charge is -2.13. The summed E-state index contributed by atoms with van der Waals surface area (Å²) < 4.78 is 16.5. The molecule has 5 heteroatoms. The number of fused-ring (bicyclic) bond motifs is 1. The molecular formula is C11H11BrFN3. The third-order valence-corrected chi connectivity index (χ3v) is 3.58. The maximum absolute atomic E-state index is 13.8. The lowest BCUT2D eigenvalue weighted by molar-refractivity contribution is 0.537. The molecule has 3 rings (SSSR count). The van der Waals surface area contributed by atoms with Gasteiger partial charge in [0.25, 0.3) is 0 Å². The number of imidazole rings is 1. The first-order valence-corrected chi connectivity index (χ1v) is 6.09. The molecule has 1 fully saturated rings. The van der Waals surface area contributed by atoms with E-state index in [1.165, 1.54) is 6.07 Å². The Morgan fingerprint density at radius 3 is 3.12 bits per heavy atom. The molecule has 84 valence electrons. The van der Waals surface area contributed by atoms with Crippen LogP contribution in [0.15, 0.2) is 22.9 Å². The zero-order valence-corrected chi connectivity index (χ0v) is 10.2. The van der Waals surface area contributed by atoms with E-state index in [-0.39, 0.29) is 11.9 Å². The molecule has 0 bridgehead atoms. The minimum atomic E-state index is -0.206. The minimum absolute atomic E-state index is 0.206. The quantitative estimate of drug-likeness (QED) is 0.872. The van der Waals surface area contributed by atoms with Crippen LogP contribution in [0.1, 0.15) is 12.5 Å². The highest BCUT2D eigenvalue weighted by molar-refractivity contribution is 9.10. The minimum Gasteiger partial charge on any atom is -0.315 e. The smallest absolute Gasteiger partial charge is 0.178 e. The van der Waals surface area contributed by atoms with Crippen LogP contribution in [-0.2, 0) is 0 Å². The molecule has 1 aromatic carbocycles. The molecule has 0 radical (unpaired) electrons. The third-order valence-electron chi connectivity index (χ3n) is 3.02. The Bertz CT molecular complexity index is 531. The molecule has 1 saturated heterocycles. The Kier molecular flexibility index (Phi) is 2.44. The van der Waals surface area contributed by atoms with Gasteiger partial charge in [-0.15, -0.1) is 0 Å². The number of benzene rings is 1. The summed E-state index contributed by atoms with van der Waals surface area (Å²) in [6.07, 6.45) is 1.01. The lowest BCUT2D eigenvalue weighted by atomic mass is 10.2. The topological polar surface area (TPSA) is 29.9 Å². The van der Waals surface area contributed by atoms with Crippen LogP contribution in [0.4, 0.5) is 4.39 Å². The number of nitrogens with one attached hydrogen (secondary N) is 1. The molecule has 2 heterocycles. The van der Waals surface area contributed by atoms with Crippen molar-refractivity contribution in [1.82, 2.24) is 14.9 Å². The largest absolute Gasteiger partial charge is 0.315 e. The van der Waals surface area contributed by atoms with Gasteiger partial charge in [-0.2, -0.15) is 0 Å². The van der Waals surface area contributed by atoms with Crippen LogP contribution in [0.5, 0.6) is 0 Å². The summed E-state index contributed by atoms with van der Waals surface area (Å²) in [6, 6.07) is 5.29. The molecule has 2 aromatic rings. The first-order valence-electron chi connectivity index (χ1n) is 5.30. The summed E-state index contributed by atoms with van der Waals surface area (Å²) >= 11 is 3.41. The van der Waals surface area contributed by atoms with Gasteiger partial charge < -0.3 is 9.88 Å². The first-order chi connectivity index (χ1) is 7.77. The van der Waals surface area contributed by atoms with Gasteiger partial charge in [0.2, 0.25) is 0 Å². The Balaban J connectivity index is 2.25. The van der Waals surface area contributed by atoms with Gasteiger partial charge >= 0.3 is 0 Å². The number of aromatic nitrogens is 2. The van der Waals surface area contributed by atoms with E-state index in [9.17, 15) is 4.39 Å². The molecule has 0 aliphatic carbocycles. The number of hydrogen-bond donors (Lipinski definition) is 1. The Morgan fingerprint density at radius 1 is 1.50 bits per heavy atom. The normalized spacial score (nSPS) is 20.8. The summed E-state index contributed by atoms with van der Waals surface area (Å²) in [5, 5.41) is 3.28. The number of nitrogens with zero attached hydrogens (tertiary/aromatic N) is 2. The number of rotatable bonds is 1. The van der Waals surface area contributed by atoms with Gasteiger partial charge in [0, 0.05) is 12.6 Å². The monoisotopic (exact) mass is 283 g/mol. The molecule has 1 aromatic heterocycles. The highest BCUT2D eigenvalue weighted by Crippen LogP contribution is 2.29. The molecule has 1 N–H and O–H groups in total. The second-order valence-electron chi connectivity index (χ2n) is 4.01. The molecule has 0 saturated carbocycles. The molecule has 1 aliphatic heterocycles. The van der Waals surface area contributed by atoms with Gasteiger partial charge in [0.15, 0.2) is 4.73 Å². The fourth-order valence-corrected chi connectivity index (χ4v) is 2.93. The van der Waals surface area contributed by atoms with Crippen LogP contribution in [0.3, 0.4) is 0 Å². The predicted octanol–water partition coefficient (Wildman–Crippen LogP) is 2.47. The Labute approximate surface area is 101 Å². The van der Waals surface area contributed by atoms with Crippen LogP contribution in [-0.4, -0.2) is 22.6 Å². The zero-order chi connectivity index (χ0) is 11.1. The van der Waals surface area contributed by atoms with Gasteiger partial charge in [0.05, 0.1) is 5.52 Å². The van der Waals surface area contributed by atoms with E-state index in [4.69, 9.17) is 0 Å². The maximum atomic E-state index is 13.8. The zero-order valence-electron chi connectivity index (χ0n) is 8.58. The predicted molar refractivity (Wildman–Crippen MR) is 63.9 cm³/mol. The molecule has 1 aliphatic rings. The van der Waals surface area contributed by atoms with Crippen molar-refractivity contribution >= 4 is 27.0 Å². The van der Waals surface area contributed by atoms with Crippen molar-refractivity contribution in [1.29, 1.82) is 0 Å². The summed E-state index contributed by atoms with van der Waals surface area (Å²) in [4.78, 5) is 4.33. The average Bonchev–Trinajstić information content (AvgIpc) is 2.84. The van der Waals surface area contributed by atoms with E-state index < -0.39 is 0 Å². The Morgan fingerprint density at radius 2 is 2.38 bits per heavy atom. The van der Waals surface area contributed by atoms with Crippen molar-refractivity contribution in [2.24, 2.45) is 0 Å². The molecule has 0 amide bonds. The molecule has 16 heavy (non-hydrogen) atoms. The van der Waals surface area contributed by atoms with Crippen LogP contribution < -0.4 is 5.32 Å². The summed E-state index contributed by atoms with van der Waals surface area (Å²) in [5.41, 5.74) is 1.31. The average molecular weight is 284 g/mol. The molecule has 0 spiro atoms. The van der Waals surface area contributed by atoms with Crippen molar-refractivity contribution in [2.75, 3.05) is 13.1 Å². The molecule has 1 unspecified atom stereocenters. The lowest BCUT2D eigenvalue weighted by Crippen LogP contribution is -2.13. The van der Waals surface area contributed by atoms with Crippen molar-refractivity contribution < 1.29 is 4.39 Å². The van der Waals surface area contributed by atoms with E-state index in [2.05, 4.69) is 26.2 Å². The second-order valence-corrected chi connectivity index (χ2v) is 4.71. The van der Waals surface area contributed by atoms with Crippen LogP contribution >= 0.6 is 15.9 Å². The van der Waals surface area contributed by atoms with Crippen molar-refractivity contribution in [2.45, 2.75) is 12.5 Å². The highest BCUT2D eigenvalue weighted by Gasteiger charge is 2.22. The fraction of sp³-hybridized carbons (Fsp3) is 0.364. The molecular weight excluding hydrogens is 273 g/mol. The number of halogens is 2. The second kappa shape index (κ2) is 3.82. The van der Waals surface area contributed by atoms with Crippen LogP contribution in [0.25, 0.3) is 11.0 Å². The van der Waals surface area contributed by atoms with E-state index in [1.807, 2.05) is 10.6 Å². The molecule has 1 atom stereocenters. The van der Waals surface area contributed by atoms with Crippen LogP contribution in [0.2, 0.25) is 0 Å². The van der Waals surface area contributed by atoms with E-state index >= 15 is 0 Å². The summed E-state index contributed by atoms with van der Waals surface area (Å²) in [5.74, 6) is -0.206. The third kappa shape index (κ3) is 1.46. The maximum Gasteiger partial charge on any atom is 0.178 e. The van der Waals surface area contributed by atoms with Crippen LogP contribution in [0, 0.1) is 5.82 Å². The van der Waals surface area contributed by atoms with Gasteiger partial charge in [-0.25, -0.2) is 9.37 Å². The van der Waals surface area contributed by atoms with Gasteiger partial charge in [-0.1, -0.05) is 6.07 Å². The standard InChI is InChI=1S/C11H11BrFN3/c12-11-15-9-3-1-2-8(13)10(9)16(11)7-4-5-14-6-7/h1-3,7,14H,4-6H2. The van der Waals surface area contributed by atoms with E-state index in [0.29, 0.717) is 15.8 Å². The molecule has 3 nitrogen and oxygen atoms in total. The van der Waals surface area contributed by atoms with Crippen molar-refractivity contribution in [3.8, 4) is 0 Å². The summed E-state index contributed by atoms with van der Waals surface area (Å²) in [7, 11) is 0. The van der Waals surface area contributed by atoms with Gasteiger partial charge in [-0.3, -0.25) is 0 Å². The van der Waals surface area contributed by atoms with Crippen molar-refractivity contribution in [3.63, 3.8) is 0 Å². The first kappa shape index (κ1) is 10.2. The van der Waals surface area contributed by atoms with E-state index in [0.717, 1.165) is 19.5 Å². The summed E-state index contributed by atoms with van der Waals surface area (Å²) in [6.45, 7) is 1.85. The van der Waals surface area contributed by atoms with Gasteiger partial charge in [0.1, 0.15) is 11.3 Å². The number of hydrogen-bond acceptors (Lipinski definition) is 2. The fourth-order valence-electron chi connectivity index (χ4n) is 2.27. The van der Waals surface area contributed by atoms with Gasteiger partial charge in [-0.05, 0) is 41.0 Å². The highest BCUT2D eigenvalue weighted by atomic mass is 79.9. The SMILES string of the molecule is Fc1cccc2nc(Br)n(C3CCNC3)c12. The number of para-hydroxylation sites is 1. The van der Waals surface area contributed by atoms with E-state index in [1.54, 1.807) is 6.07 Å². The van der Waals surface area contributed by atoms with Crippen molar-refractivity contribution in [3.05, 3.63) is 28.7 Å².